The number of nitrogens with zero attached hydrogens (tertiary/aromatic N) is 1. The number of rotatable bonds is 5. The maximum absolute atomic E-state index is 13.0. The van der Waals surface area contributed by atoms with Gasteiger partial charge in [0.1, 0.15) is 0 Å². The number of ether oxygens (including phenoxy) is 3. The predicted octanol–water partition coefficient (Wildman–Crippen LogP) is 5.44. The Bertz CT molecular complexity index is 988. The van der Waals surface area contributed by atoms with Crippen LogP contribution in [0.25, 0.3) is 6.08 Å². The summed E-state index contributed by atoms with van der Waals surface area (Å²) in [6.07, 6.45) is 4.95. The Kier molecular flexibility index (Phi) is 6.15. The molecule has 6 heteroatoms. The molecule has 0 aliphatic carbocycles. The minimum atomic E-state index is -0.274. The lowest BCUT2D eigenvalue weighted by Crippen LogP contribution is -2.50. The van der Waals surface area contributed by atoms with Crippen molar-refractivity contribution in [3.05, 3.63) is 64.3 Å². The van der Waals surface area contributed by atoms with Crippen molar-refractivity contribution < 1.29 is 19.0 Å². The molecule has 0 N–H and O–H groups in total. The van der Waals surface area contributed by atoms with Gasteiger partial charge in [0.15, 0.2) is 11.5 Å². The molecule has 5 nitrogen and oxygen atoms in total. The molecule has 164 valence electrons. The quantitative estimate of drug-likeness (QED) is 0.578. The zero-order chi connectivity index (χ0) is 22.1. The molecular formula is C25H28ClNO4. The molecule has 0 spiro atoms. The van der Waals surface area contributed by atoms with Crippen molar-refractivity contribution in [2.24, 2.45) is 5.92 Å². The summed E-state index contributed by atoms with van der Waals surface area (Å²) in [6.45, 7) is 4.32. The largest absolute Gasteiger partial charge is 0.493 e. The zero-order valence-electron chi connectivity index (χ0n) is 18.3. The van der Waals surface area contributed by atoms with Crippen molar-refractivity contribution in [3.8, 4) is 11.5 Å². The Labute approximate surface area is 188 Å². The Morgan fingerprint density at radius 3 is 2.45 bits per heavy atom. The van der Waals surface area contributed by atoms with E-state index in [0.717, 1.165) is 17.5 Å². The molecule has 31 heavy (non-hydrogen) atoms. The summed E-state index contributed by atoms with van der Waals surface area (Å²) in [7, 11) is 3.30. The molecule has 1 fully saturated rings. The maximum Gasteiger partial charge on any atom is 0.311 e. The summed E-state index contributed by atoms with van der Waals surface area (Å²) < 4.78 is 16.5. The van der Waals surface area contributed by atoms with Gasteiger partial charge in [-0.05, 0) is 67.3 Å². The number of methoxy groups -OCH3 is 2. The molecule has 4 atom stereocenters. The molecule has 0 unspecified atom stereocenters. The van der Waals surface area contributed by atoms with Crippen LogP contribution in [0.3, 0.4) is 0 Å². The van der Waals surface area contributed by atoms with Crippen LogP contribution in [0, 0.1) is 5.92 Å². The minimum absolute atomic E-state index is 0.0139. The maximum atomic E-state index is 13.0. The second-order valence-electron chi connectivity index (χ2n) is 8.03. The van der Waals surface area contributed by atoms with Crippen LogP contribution in [0.5, 0.6) is 11.5 Å². The van der Waals surface area contributed by atoms with Crippen molar-refractivity contribution in [2.75, 3.05) is 20.8 Å². The van der Waals surface area contributed by atoms with E-state index < -0.39 is 0 Å². The molecule has 0 amide bonds. The fourth-order valence-electron chi connectivity index (χ4n) is 5.00. The van der Waals surface area contributed by atoms with Gasteiger partial charge in [-0.1, -0.05) is 23.7 Å². The van der Waals surface area contributed by atoms with Crippen molar-refractivity contribution in [1.82, 2.24) is 4.90 Å². The Hall–Kier alpha value is -2.66. The van der Waals surface area contributed by atoms with Gasteiger partial charge in [-0.15, -0.1) is 0 Å². The highest BCUT2D eigenvalue weighted by Gasteiger charge is 2.46. The van der Waals surface area contributed by atoms with E-state index in [-0.39, 0.29) is 29.9 Å². The Morgan fingerprint density at radius 2 is 1.81 bits per heavy atom. The molecule has 2 aromatic rings. The number of carbonyl (C=O) groups is 1. The molecule has 0 bridgehead atoms. The molecule has 0 saturated carbocycles. The van der Waals surface area contributed by atoms with Crippen LogP contribution in [-0.4, -0.2) is 37.7 Å². The van der Waals surface area contributed by atoms with Gasteiger partial charge in [0, 0.05) is 23.2 Å². The number of esters is 1. The molecule has 2 aliphatic rings. The smallest absolute Gasteiger partial charge is 0.311 e. The van der Waals surface area contributed by atoms with Gasteiger partial charge in [0.05, 0.1) is 32.8 Å². The minimum Gasteiger partial charge on any atom is -0.493 e. The molecule has 2 heterocycles. The van der Waals surface area contributed by atoms with Gasteiger partial charge < -0.3 is 19.1 Å². The van der Waals surface area contributed by atoms with E-state index in [0.29, 0.717) is 23.1 Å². The van der Waals surface area contributed by atoms with Gasteiger partial charge in [-0.3, -0.25) is 4.79 Å². The van der Waals surface area contributed by atoms with Crippen LogP contribution >= 0.6 is 11.6 Å². The van der Waals surface area contributed by atoms with Gasteiger partial charge in [0.25, 0.3) is 0 Å². The van der Waals surface area contributed by atoms with Crippen LogP contribution in [-0.2, 0) is 9.53 Å². The number of carbonyl (C=O) groups excluding carboxylic acids is 1. The summed E-state index contributed by atoms with van der Waals surface area (Å²) in [5.41, 5.74) is 3.38. The van der Waals surface area contributed by atoms with E-state index in [9.17, 15) is 4.79 Å². The highest BCUT2D eigenvalue weighted by atomic mass is 35.5. The third kappa shape index (κ3) is 3.87. The molecule has 0 aromatic heterocycles. The SMILES string of the molecule is CCOC(=O)[C@H]1[C@@H](c2ccc(Cl)cc2)C[C@@H]2c3cc(OC)c(OC)cc3C=CN2[C@H]1C. The third-order valence-corrected chi connectivity index (χ3v) is 6.74. The van der Waals surface area contributed by atoms with Crippen LogP contribution < -0.4 is 9.47 Å². The third-order valence-electron chi connectivity index (χ3n) is 6.49. The fraction of sp³-hybridized carbons (Fsp3) is 0.400. The first kappa shape index (κ1) is 21.6. The van der Waals surface area contributed by atoms with Gasteiger partial charge in [-0.2, -0.15) is 0 Å². The zero-order valence-corrected chi connectivity index (χ0v) is 19.1. The first-order valence-electron chi connectivity index (χ1n) is 10.6. The summed E-state index contributed by atoms with van der Waals surface area (Å²) >= 11 is 6.13. The van der Waals surface area contributed by atoms with Gasteiger partial charge in [0.2, 0.25) is 0 Å². The first-order valence-corrected chi connectivity index (χ1v) is 11.0. The van der Waals surface area contributed by atoms with E-state index in [1.807, 2.05) is 37.3 Å². The fourth-order valence-corrected chi connectivity index (χ4v) is 5.13. The number of halogens is 1. The monoisotopic (exact) mass is 441 g/mol. The van der Waals surface area contributed by atoms with Crippen LogP contribution in [0.2, 0.25) is 5.02 Å². The molecule has 1 saturated heterocycles. The Morgan fingerprint density at radius 1 is 1.13 bits per heavy atom. The van der Waals surface area contributed by atoms with Crippen molar-refractivity contribution in [1.29, 1.82) is 0 Å². The van der Waals surface area contributed by atoms with E-state index in [2.05, 4.69) is 30.2 Å². The predicted molar refractivity (Wildman–Crippen MR) is 122 cm³/mol. The van der Waals surface area contributed by atoms with E-state index in [4.69, 9.17) is 25.8 Å². The average molecular weight is 442 g/mol. The highest BCUT2D eigenvalue weighted by Crippen LogP contribution is 2.50. The van der Waals surface area contributed by atoms with Crippen LogP contribution in [0.15, 0.2) is 42.6 Å². The lowest BCUT2D eigenvalue weighted by atomic mass is 9.71. The average Bonchev–Trinajstić information content (AvgIpc) is 2.78. The second kappa shape index (κ2) is 8.83. The molecule has 4 rings (SSSR count). The van der Waals surface area contributed by atoms with Crippen LogP contribution in [0.4, 0.5) is 0 Å². The van der Waals surface area contributed by atoms with Crippen molar-refractivity contribution in [3.63, 3.8) is 0 Å². The van der Waals surface area contributed by atoms with E-state index in [1.165, 1.54) is 5.56 Å². The Balaban J connectivity index is 1.79. The van der Waals surface area contributed by atoms with Gasteiger partial charge in [-0.25, -0.2) is 0 Å². The standard InChI is InChI=1S/C25H28ClNO4/c1-5-31-25(28)24-15(2)27-11-10-17-12-22(29-3)23(30-4)14-19(17)21(27)13-20(24)16-6-8-18(26)9-7-16/h6-12,14-15,20-21,24H,5,13H2,1-4H3/t15-,20+,21+,24+/m0/s1. The normalized spacial score (nSPS) is 24.2. The topological polar surface area (TPSA) is 48.0 Å². The lowest BCUT2D eigenvalue weighted by molar-refractivity contribution is -0.153. The molecule has 0 radical (unpaired) electrons. The lowest BCUT2D eigenvalue weighted by Gasteiger charge is -2.49. The van der Waals surface area contributed by atoms with Gasteiger partial charge >= 0.3 is 5.97 Å². The second-order valence-corrected chi connectivity index (χ2v) is 8.46. The molecule has 2 aromatic carbocycles. The summed E-state index contributed by atoms with van der Waals surface area (Å²) in [6, 6.07) is 12.0. The first-order chi connectivity index (χ1) is 15.0. The van der Waals surface area contributed by atoms with Crippen LogP contribution in [0.1, 0.15) is 48.9 Å². The number of hydrogen-bond acceptors (Lipinski definition) is 5. The van der Waals surface area contributed by atoms with E-state index >= 15 is 0 Å². The number of benzene rings is 2. The summed E-state index contributed by atoms with van der Waals surface area (Å²) in [5.74, 6) is 1.00. The summed E-state index contributed by atoms with van der Waals surface area (Å²) in [4.78, 5) is 15.3. The summed E-state index contributed by atoms with van der Waals surface area (Å²) in [5, 5.41) is 0.685. The van der Waals surface area contributed by atoms with Crippen molar-refractivity contribution >= 4 is 23.6 Å². The number of piperidine rings is 1. The number of fused-ring (bicyclic) bond motifs is 3. The van der Waals surface area contributed by atoms with Crippen molar-refractivity contribution in [2.45, 2.75) is 38.3 Å². The highest BCUT2D eigenvalue weighted by molar-refractivity contribution is 6.30. The van der Waals surface area contributed by atoms with E-state index in [1.54, 1.807) is 14.2 Å². The molecule has 2 aliphatic heterocycles. The number of hydrogen-bond donors (Lipinski definition) is 0. The molecular weight excluding hydrogens is 414 g/mol.